The number of H-pyrrole nitrogens is 1. The average Bonchev–Trinajstić information content (AvgIpc) is 3.03. The van der Waals surface area contributed by atoms with E-state index in [1.807, 2.05) is 18.7 Å². The van der Waals surface area contributed by atoms with Crippen LogP contribution in [-0.2, 0) is 16.1 Å². The zero-order valence-electron chi connectivity index (χ0n) is 16.3. The summed E-state index contributed by atoms with van der Waals surface area (Å²) in [6, 6.07) is 0. The number of methoxy groups -OCH3 is 1. The lowest BCUT2D eigenvalue weighted by molar-refractivity contribution is -0.145. The lowest BCUT2D eigenvalue weighted by atomic mass is 9.78. The second-order valence-corrected chi connectivity index (χ2v) is 7.89. The van der Waals surface area contributed by atoms with Crippen LogP contribution in [0.2, 0.25) is 0 Å². The number of ether oxygens (including phenoxy) is 1. The van der Waals surface area contributed by atoms with E-state index in [2.05, 4.69) is 9.88 Å². The molecule has 144 valence electrons. The van der Waals surface area contributed by atoms with Crippen molar-refractivity contribution >= 4 is 5.91 Å². The molecule has 1 amide bonds. The fourth-order valence-electron chi connectivity index (χ4n) is 4.43. The molecule has 2 fully saturated rings. The number of piperidine rings is 1. The molecule has 1 aromatic rings. The minimum atomic E-state index is -0.232. The van der Waals surface area contributed by atoms with Crippen LogP contribution >= 0.6 is 0 Å². The molecule has 0 aromatic carbocycles. The van der Waals surface area contributed by atoms with Crippen LogP contribution in [0.3, 0.4) is 0 Å². The van der Waals surface area contributed by atoms with Crippen molar-refractivity contribution in [3.8, 4) is 0 Å². The maximum atomic E-state index is 13.1. The van der Waals surface area contributed by atoms with Crippen LogP contribution in [0, 0.1) is 19.3 Å². The molecule has 1 aromatic heterocycles. The largest absolute Gasteiger partial charge is 0.385 e. The van der Waals surface area contributed by atoms with Crippen molar-refractivity contribution in [2.24, 2.45) is 5.41 Å². The van der Waals surface area contributed by atoms with E-state index in [9.17, 15) is 9.59 Å². The number of amides is 1. The predicted octanol–water partition coefficient (Wildman–Crippen LogP) is 1.84. The zero-order chi connectivity index (χ0) is 18.7. The van der Waals surface area contributed by atoms with Gasteiger partial charge in [0.05, 0.1) is 5.41 Å². The molecular weight excluding hydrogens is 330 g/mol. The summed E-state index contributed by atoms with van der Waals surface area (Å²) in [4.78, 5) is 32.9. The van der Waals surface area contributed by atoms with Crippen molar-refractivity contribution in [2.45, 2.75) is 46.1 Å². The molecule has 1 N–H and O–H groups in total. The highest BCUT2D eigenvalue weighted by atomic mass is 16.5. The Labute approximate surface area is 155 Å². The Morgan fingerprint density at radius 2 is 2.04 bits per heavy atom. The number of aromatic nitrogens is 1. The Morgan fingerprint density at radius 3 is 2.81 bits per heavy atom. The molecule has 0 radical (unpaired) electrons. The van der Waals surface area contributed by atoms with Gasteiger partial charge in [0.25, 0.3) is 0 Å². The molecule has 2 aliphatic heterocycles. The molecule has 0 bridgehead atoms. The van der Waals surface area contributed by atoms with Gasteiger partial charge in [0, 0.05) is 62.9 Å². The van der Waals surface area contributed by atoms with E-state index in [1.54, 1.807) is 13.3 Å². The summed E-state index contributed by atoms with van der Waals surface area (Å²) in [5.41, 5.74) is 2.40. The van der Waals surface area contributed by atoms with Gasteiger partial charge in [0.1, 0.15) is 0 Å². The summed E-state index contributed by atoms with van der Waals surface area (Å²) in [6.45, 7) is 8.49. The Morgan fingerprint density at radius 1 is 1.23 bits per heavy atom. The molecule has 6 heteroatoms. The fourth-order valence-corrected chi connectivity index (χ4v) is 4.43. The van der Waals surface area contributed by atoms with Crippen molar-refractivity contribution in [1.29, 1.82) is 0 Å². The number of likely N-dealkylation sites (tertiary alicyclic amines) is 2. The molecule has 3 heterocycles. The number of carbonyl (C=O) groups is 1. The third-order valence-corrected chi connectivity index (χ3v) is 6.03. The van der Waals surface area contributed by atoms with Gasteiger partial charge >= 0.3 is 0 Å². The summed E-state index contributed by atoms with van der Waals surface area (Å²) in [6.07, 6.45) is 5.66. The highest BCUT2D eigenvalue weighted by molar-refractivity contribution is 5.84. The van der Waals surface area contributed by atoms with Crippen LogP contribution in [0.1, 0.15) is 42.5 Å². The summed E-state index contributed by atoms with van der Waals surface area (Å²) in [5.74, 6) is 0.316. The maximum absolute atomic E-state index is 13.1. The molecule has 0 unspecified atom stereocenters. The maximum Gasteiger partial charge on any atom is 0.230 e. The highest BCUT2D eigenvalue weighted by Gasteiger charge is 2.48. The first-order valence-corrected chi connectivity index (χ1v) is 9.65. The molecular formula is C20H31N3O3. The second kappa shape index (κ2) is 7.92. The van der Waals surface area contributed by atoms with Crippen LogP contribution < -0.4 is 5.43 Å². The standard InChI is InChI=1S/C20H31N3O3/c1-15-12-21-17(16(2)18(15)24)13-22-10-7-20(14-22)6-4-8-23(19(20)25)9-5-11-26-3/h12H,4-11,13-14H2,1-3H3,(H,21,24)/t20-/m0/s1. The van der Waals surface area contributed by atoms with Crippen LogP contribution in [0.15, 0.2) is 11.0 Å². The van der Waals surface area contributed by atoms with Gasteiger partial charge in [-0.2, -0.15) is 0 Å². The number of aromatic amines is 1. The van der Waals surface area contributed by atoms with E-state index in [0.29, 0.717) is 19.1 Å². The number of aryl methyl sites for hydroxylation is 1. The SMILES string of the molecule is COCCCN1CCC[C@@]2(CCN(Cc3[nH]cc(C)c(=O)c3C)C2)C1=O. The zero-order valence-corrected chi connectivity index (χ0v) is 16.3. The van der Waals surface area contributed by atoms with Crippen molar-refractivity contribution in [3.05, 3.63) is 33.2 Å². The van der Waals surface area contributed by atoms with Crippen LogP contribution in [0.25, 0.3) is 0 Å². The Kier molecular flexibility index (Phi) is 5.82. The molecule has 2 saturated heterocycles. The van der Waals surface area contributed by atoms with Crippen LogP contribution in [0.5, 0.6) is 0 Å². The topological polar surface area (TPSA) is 65.6 Å². The van der Waals surface area contributed by atoms with E-state index in [-0.39, 0.29) is 10.8 Å². The predicted molar refractivity (Wildman–Crippen MR) is 101 cm³/mol. The Balaban J connectivity index is 1.66. The van der Waals surface area contributed by atoms with Crippen molar-refractivity contribution in [3.63, 3.8) is 0 Å². The molecule has 2 aliphatic rings. The number of carbonyl (C=O) groups excluding carboxylic acids is 1. The smallest absolute Gasteiger partial charge is 0.230 e. The molecule has 1 spiro atoms. The lowest BCUT2D eigenvalue weighted by Gasteiger charge is -2.39. The summed E-state index contributed by atoms with van der Waals surface area (Å²) in [5, 5.41) is 0. The summed E-state index contributed by atoms with van der Waals surface area (Å²) in [7, 11) is 1.70. The molecule has 0 saturated carbocycles. The molecule has 0 aliphatic carbocycles. The minimum Gasteiger partial charge on any atom is -0.385 e. The van der Waals surface area contributed by atoms with Gasteiger partial charge < -0.3 is 14.6 Å². The van der Waals surface area contributed by atoms with Crippen LogP contribution in [-0.4, -0.2) is 60.6 Å². The van der Waals surface area contributed by atoms with E-state index in [0.717, 1.165) is 68.7 Å². The van der Waals surface area contributed by atoms with Gasteiger partial charge in [0.2, 0.25) is 5.91 Å². The number of hydrogen-bond donors (Lipinski definition) is 1. The van der Waals surface area contributed by atoms with Gasteiger partial charge in [-0.3, -0.25) is 14.5 Å². The number of rotatable bonds is 6. The number of nitrogens with one attached hydrogen (secondary N) is 1. The van der Waals surface area contributed by atoms with Gasteiger partial charge in [-0.15, -0.1) is 0 Å². The lowest BCUT2D eigenvalue weighted by Crippen LogP contribution is -2.50. The first-order valence-electron chi connectivity index (χ1n) is 9.65. The summed E-state index contributed by atoms with van der Waals surface area (Å²) >= 11 is 0. The first-order chi connectivity index (χ1) is 12.5. The number of hydrogen-bond acceptors (Lipinski definition) is 4. The van der Waals surface area contributed by atoms with E-state index >= 15 is 0 Å². The van der Waals surface area contributed by atoms with Crippen molar-refractivity contribution in [1.82, 2.24) is 14.8 Å². The van der Waals surface area contributed by atoms with E-state index < -0.39 is 0 Å². The number of nitrogens with zero attached hydrogens (tertiary/aromatic N) is 2. The molecule has 6 nitrogen and oxygen atoms in total. The van der Waals surface area contributed by atoms with Crippen molar-refractivity contribution < 1.29 is 9.53 Å². The fraction of sp³-hybridized carbons (Fsp3) is 0.700. The quantitative estimate of drug-likeness (QED) is 0.785. The van der Waals surface area contributed by atoms with Gasteiger partial charge in [-0.1, -0.05) is 0 Å². The van der Waals surface area contributed by atoms with Gasteiger partial charge in [-0.05, 0) is 46.1 Å². The Hall–Kier alpha value is -1.66. The van der Waals surface area contributed by atoms with Gasteiger partial charge in [-0.25, -0.2) is 0 Å². The molecule has 3 rings (SSSR count). The van der Waals surface area contributed by atoms with Crippen LogP contribution in [0.4, 0.5) is 0 Å². The third kappa shape index (κ3) is 3.71. The average molecular weight is 361 g/mol. The molecule has 26 heavy (non-hydrogen) atoms. The normalized spacial score (nSPS) is 24.0. The summed E-state index contributed by atoms with van der Waals surface area (Å²) < 4.78 is 5.12. The minimum absolute atomic E-state index is 0.116. The number of pyridine rings is 1. The van der Waals surface area contributed by atoms with E-state index in [1.165, 1.54) is 0 Å². The van der Waals surface area contributed by atoms with Gasteiger partial charge in [0.15, 0.2) is 5.43 Å². The molecule has 1 atom stereocenters. The Bertz CT molecular complexity index is 715. The van der Waals surface area contributed by atoms with Crippen molar-refractivity contribution in [2.75, 3.05) is 39.9 Å². The van der Waals surface area contributed by atoms with E-state index in [4.69, 9.17) is 4.74 Å². The monoisotopic (exact) mass is 361 g/mol. The highest BCUT2D eigenvalue weighted by Crippen LogP contribution is 2.40. The second-order valence-electron chi connectivity index (χ2n) is 7.89. The first kappa shape index (κ1) is 19.1. The third-order valence-electron chi connectivity index (χ3n) is 6.03.